The van der Waals surface area contributed by atoms with Crippen molar-refractivity contribution in [3.8, 4) is 0 Å². The summed E-state index contributed by atoms with van der Waals surface area (Å²) in [6, 6.07) is 5.28. The lowest BCUT2D eigenvalue weighted by molar-refractivity contribution is -0.137. The van der Waals surface area contributed by atoms with E-state index in [1.54, 1.807) is 0 Å². The number of nitrogens with one attached hydrogen (secondary N) is 2. The molecule has 2 N–H and O–H groups in total. The van der Waals surface area contributed by atoms with Crippen molar-refractivity contribution in [3.63, 3.8) is 0 Å². The average molecular weight is 288 g/mol. The zero-order valence-corrected chi connectivity index (χ0v) is 12.3. The molecule has 1 aromatic rings. The number of hydrogen-bond acceptors (Lipinski definition) is 2. The Kier molecular flexibility index (Phi) is 6.02. The molecule has 5 heteroatoms. The van der Waals surface area contributed by atoms with Crippen molar-refractivity contribution < 1.29 is 13.2 Å². The molecular formula is C15H23F3N2. The molecule has 0 amide bonds. The SMILES string of the molecule is CC(C)(C)NCCCNCc1ccc(C(F)(F)F)cc1. The monoisotopic (exact) mass is 288 g/mol. The third-order valence-corrected chi connectivity index (χ3v) is 2.80. The first-order chi connectivity index (χ1) is 9.18. The number of benzene rings is 1. The summed E-state index contributed by atoms with van der Waals surface area (Å²) in [6.45, 7) is 8.69. The van der Waals surface area contributed by atoms with Gasteiger partial charge in [0.25, 0.3) is 0 Å². The molecule has 0 fully saturated rings. The molecule has 0 saturated carbocycles. The van der Waals surface area contributed by atoms with Crippen LogP contribution in [-0.4, -0.2) is 18.6 Å². The number of halogens is 3. The number of rotatable bonds is 6. The van der Waals surface area contributed by atoms with Gasteiger partial charge < -0.3 is 10.6 Å². The van der Waals surface area contributed by atoms with Crippen LogP contribution in [0.3, 0.4) is 0 Å². The molecule has 0 heterocycles. The lowest BCUT2D eigenvalue weighted by Crippen LogP contribution is -2.37. The minimum atomic E-state index is -4.26. The summed E-state index contributed by atoms with van der Waals surface area (Å²) >= 11 is 0. The van der Waals surface area contributed by atoms with E-state index in [-0.39, 0.29) is 5.54 Å². The van der Waals surface area contributed by atoms with E-state index in [1.807, 2.05) is 0 Å². The Morgan fingerprint density at radius 1 is 0.950 bits per heavy atom. The van der Waals surface area contributed by atoms with Gasteiger partial charge in [-0.3, -0.25) is 0 Å². The Morgan fingerprint density at radius 3 is 2.05 bits per heavy atom. The third kappa shape index (κ3) is 6.91. The molecule has 0 saturated heterocycles. The van der Waals surface area contributed by atoms with Crippen LogP contribution in [0.1, 0.15) is 38.3 Å². The highest BCUT2D eigenvalue weighted by Gasteiger charge is 2.29. The molecule has 20 heavy (non-hydrogen) atoms. The standard InChI is InChI=1S/C15H23F3N2/c1-14(2,3)20-10-4-9-19-11-12-5-7-13(8-6-12)15(16,17)18/h5-8,19-20H,4,9-11H2,1-3H3. The first kappa shape index (κ1) is 17.0. The van der Waals surface area contributed by atoms with E-state index in [9.17, 15) is 13.2 Å². The Bertz CT molecular complexity index is 391. The zero-order chi connectivity index (χ0) is 15.2. The molecule has 0 bridgehead atoms. The maximum Gasteiger partial charge on any atom is 0.416 e. The molecule has 1 aromatic carbocycles. The zero-order valence-electron chi connectivity index (χ0n) is 12.3. The Morgan fingerprint density at radius 2 is 1.55 bits per heavy atom. The maximum atomic E-state index is 12.4. The topological polar surface area (TPSA) is 24.1 Å². The Hall–Kier alpha value is -1.07. The second-order valence-electron chi connectivity index (χ2n) is 5.90. The smallest absolute Gasteiger partial charge is 0.313 e. The molecule has 2 nitrogen and oxygen atoms in total. The largest absolute Gasteiger partial charge is 0.416 e. The van der Waals surface area contributed by atoms with Crippen molar-refractivity contribution in [2.75, 3.05) is 13.1 Å². The summed E-state index contributed by atoms with van der Waals surface area (Å²) < 4.78 is 37.2. The van der Waals surface area contributed by atoms with Gasteiger partial charge in [0, 0.05) is 12.1 Å². The van der Waals surface area contributed by atoms with Gasteiger partial charge in [-0.15, -0.1) is 0 Å². The van der Waals surface area contributed by atoms with Gasteiger partial charge in [-0.25, -0.2) is 0 Å². The van der Waals surface area contributed by atoms with Gasteiger partial charge in [0.15, 0.2) is 0 Å². The molecule has 0 radical (unpaired) electrons. The predicted octanol–water partition coefficient (Wildman–Crippen LogP) is 3.57. The maximum absolute atomic E-state index is 12.4. The second kappa shape index (κ2) is 7.09. The van der Waals surface area contributed by atoms with Crippen molar-refractivity contribution in [2.45, 2.75) is 45.5 Å². The van der Waals surface area contributed by atoms with Crippen LogP contribution in [0.25, 0.3) is 0 Å². The molecule has 1 rings (SSSR count). The molecule has 0 unspecified atom stereocenters. The van der Waals surface area contributed by atoms with Crippen molar-refractivity contribution in [3.05, 3.63) is 35.4 Å². The average Bonchev–Trinajstić information content (AvgIpc) is 2.32. The van der Waals surface area contributed by atoms with E-state index in [2.05, 4.69) is 31.4 Å². The molecular weight excluding hydrogens is 265 g/mol. The van der Waals surface area contributed by atoms with Crippen molar-refractivity contribution >= 4 is 0 Å². The van der Waals surface area contributed by atoms with Crippen LogP contribution in [0.4, 0.5) is 13.2 Å². The third-order valence-electron chi connectivity index (χ3n) is 2.80. The summed E-state index contributed by atoms with van der Waals surface area (Å²) in [6.07, 6.45) is -3.28. The van der Waals surface area contributed by atoms with Crippen LogP contribution in [0, 0.1) is 0 Å². The van der Waals surface area contributed by atoms with Crippen molar-refractivity contribution in [1.82, 2.24) is 10.6 Å². The quantitative estimate of drug-likeness (QED) is 0.782. The van der Waals surface area contributed by atoms with Crippen LogP contribution in [0.2, 0.25) is 0 Å². The van der Waals surface area contributed by atoms with Gasteiger partial charge in [0.2, 0.25) is 0 Å². The Labute approximate surface area is 118 Å². The lowest BCUT2D eigenvalue weighted by atomic mass is 10.1. The highest BCUT2D eigenvalue weighted by molar-refractivity contribution is 5.24. The second-order valence-corrected chi connectivity index (χ2v) is 5.90. The minimum absolute atomic E-state index is 0.118. The highest BCUT2D eigenvalue weighted by Crippen LogP contribution is 2.28. The van der Waals surface area contributed by atoms with Gasteiger partial charge >= 0.3 is 6.18 Å². The van der Waals surface area contributed by atoms with Gasteiger partial charge in [0.05, 0.1) is 5.56 Å². The summed E-state index contributed by atoms with van der Waals surface area (Å²) in [5.41, 5.74) is 0.380. The summed E-state index contributed by atoms with van der Waals surface area (Å²) in [5, 5.41) is 6.60. The minimum Gasteiger partial charge on any atom is -0.313 e. The van der Waals surface area contributed by atoms with Gasteiger partial charge in [-0.1, -0.05) is 12.1 Å². The summed E-state index contributed by atoms with van der Waals surface area (Å²) in [7, 11) is 0. The summed E-state index contributed by atoms with van der Waals surface area (Å²) in [4.78, 5) is 0. The molecule has 114 valence electrons. The first-order valence-electron chi connectivity index (χ1n) is 6.80. The fraction of sp³-hybridized carbons (Fsp3) is 0.600. The highest BCUT2D eigenvalue weighted by atomic mass is 19.4. The Balaban J connectivity index is 2.23. The predicted molar refractivity (Wildman–Crippen MR) is 75.5 cm³/mol. The van der Waals surface area contributed by atoms with Gasteiger partial charge in [0.1, 0.15) is 0 Å². The molecule has 0 aliphatic heterocycles. The van der Waals surface area contributed by atoms with Gasteiger partial charge in [-0.2, -0.15) is 13.2 Å². The number of hydrogen-bond donors (Lipinski definition) is 2. The van der Waals surface area contributed by atoms with Crippen molar-refractivity contribution in [1.29, 1.82) is 0 Å². The fourth-order valence-electron chi connectivity index (χ4n) is 1.72. The van der Waals surface area contributed by atoms with Crippen molar-refractivity contribution in [2.24, 2.45) is 0 Å². The van der Waals surface area contributed by atoms with Crippen LogP contribution in [0.5, 0.6) is 0 Å². The normalized spacial score (nSPS) is 12.7. The van der Waals surface area contributed by atoms with E-state index in [4.69, 9.17) is 0 Å². The van der Waals surface area contributed by atoms with E-state index in [0.717, 1.165) is 37.2 Å². The van der Waals surface area contributed by atoms with E-state index in [1.165, 1.54) is 12.1 Å². The van der Waals surface area contributed by atoms with E-state index < -0.39 is 11.7 Å². The van der Waals surface area contributed by atoms with Gasteiger partial charge in [-0.05, 0) is 58.0 Å². The van der Waals surface area contributed by atoms with E-state index in [0.29, 0.717) is 6.54 Å². The number of alkyl halides is 3. The van der Waals surface area contributed by atoms with Crippen LogP contribution in [-0.2, 0) is 12.7 Å². The van der Waals surface area contributed by atoms with E-state index >= 15 is 0 Å². The molecule has 0 aliphatic rings. The lowest BCUT2D eigenvalue weighted by Gasteiger charge is -2.20. The van der Waals surface area contributed by atoms with Crippen LogP contribution in [0.15, 0.2) is 24.3 Å². The van der Waals surface area contributed by atoms with Crippen LogP contribution >= 0.6 is 0 Å². The molecule has 0 aliphatic carbocycles. The molecule has 0 spiro atoms. The molecule has 0 aromatic heterocycles. The first-order valence-corrected chi connectivity index (χ1v) is 6.80. The summed E-state index contributed by atoms with van der Waals surface area (Å²) in [5.74, 6) is 0. The van der Waals surface area contributed by atoms with Crippen LogP contribution < -0.4 is 10.6 Å². The molecule has 0 atom stereocenters. The fourth-order valence-corrected chi connectivity index (χ4v) is 1.72.